The maximum atomic E-state index is 5.95. The third kappa shape index (κ3) is 3.84. The van der Waals surface area contributed by atoms with Gasteiger partial charge in [-0.25, -0.2) is 0 Å². The van der Waals surface area contributed by atoms with Gasteiger partial charge in [0.25, 0.3) is 0 Å². The van der Waals surface area contributed by atoms with Gasteiger partial charge in [-0.15, -0.1) is 0 Å². The maximum Gasteiger partial charge on any atom is 0.0406 e. The van der Waals surface area contributed by atoms with E-state index in [4.69, 9.17) is 11.6 Å². The Hall–Kier alpha value is -1.31. The second kappa shape index (κ2) is 7.47. The molecule has 0 aliphatic carbocycles. The summed E-state index contributed by atoms with van der Waals surface area (Å²) in [6.07, 6.45) is 2.14. The van der Waals surface area contributed by atoms with Gasteiger partial charge >= 0.3 is 0 Å². The molecule has 2 rings (SSSR count). The van der Waals surface area contributed by atoms with Crippen molar-refractivity contribution in [2.45, 2.75) is 31.7 Å². The molecule has 1 nitrogen and oxygen atoms in total. The topological polar surface area (TPSA) is 12.0 Å². The van der Waals surface area contributed by atoms with Crippen molar-refractivity contribution < 1.29 is 0 Å². The van der Waals surface area contributed by atoms with Crippen LogP contribution in [0.5, 0.6) is 0 Å². The highest BCUT2D eigenvalue weighted by Crippen LogP contribution is 2.25. The molecule has 1 N–H and O–H groups in total. The lowest BCUT2D eigenvalue weighted by atomic mass is 9.86. The smallest absolute Gasteiger partial charge is 0.0406 e. The summed E-state index contributed by atoms with van der Waals surface area (Å²) < 4.78 is 0. The van der Waals surface area contributed by atoms with Gasteiger partial charge in [0.2, 0.25) is 0 Å². The molecule has 2 aromatic carbocycles. The fourth-order valence-electron chi connectivity index (χ4n) is 2.77. The van der Waals surface area contributed by atoms with E-state index in [1.165, 1.54) is 11.1 Å². The van der Waals surface area contributed by atoms with Gasteiger partial charge in [-0.1, -0.05) is 61.0 Å². The lowest BCUT2D eigenvalue weighted by Crippen LogP contribution is -2.34. The molecule has 0 radical (unpaired) electrons. The van der Waals surface area contributed by atoms with Gasteiger partial charge in [-0.2, -0.15) is 0 Å². The Bertz CT molecular complexity index is 507. The average Bonchev–Trinajstić information content (AvgIpc) is 2.50. The Morgan fingerprint density at radius 1 is 1.00 bits per heavy atom. The standard InChI is InChI=1S/C18H22ClN/c1-3-17(15-7-5-4-6-8-15)18(20-2)13-14-9-11-16(19)12-10-14/h4-12,17-18,20H,3,13H2,1-2H3. The summed E-state index contributed by atoms with van der Waals surface area (Å²) in [5, 5.41) is 4.28. The molecule has 0 heterocycles. The zero-order chi connectivity index (χ0) is 14.4. The summed E-state index contributed by atoms with van der Waals surface area (Å²) >= 11 is 5.95. The zero-order valence-electron chi connectivity index (χ0n) is 12.1. The highest BCUT2D eigenvalue weighted by atomic mass is 35.5. The van der Waals surface area contributed by atoms with Crippen molar-refractivity contribution in [1.29, 1.82) is 0 Å². The van der Waals surface area contributed by atoms with Crippen LogP contribution in [-0.4, -0.2) is 13.1 Å². The number of nitrogens with one attached hydrogen (secondary N) is 1. The van der Waals surface area contributed by atoms with E-state index in [1.54, 1.807) is 0 Å². The summed E-state index contributed by atoms with van der Waals surface area (Å²) in [4.78, 5) is 0. The second-order valence-corrected chi connectivity index (χ2v) is 5.59. The summed E-state index contributed by atoms with van der Waals surface area (Å²) in [6, 6.07) is 19.4. The van der Waals surface area contributed by atoms with E-state index in [-0.39, 0.29) is 0 Å². The molecule has 0 bridgehead atoms. The van der Waals surface area contributed by atoms with Crippen LogP contribution in [0.15, 0.2) is 54.6 Å². The largest absolute Gasteiger partial charge is 0.316 e. The first kappa shape index (κ1) is 15.1. The van der Waals surface area contributed by atoms with Crippen LogP contribution < -0.4 is 5.32 Å². The van der Waals surface area contributed by atoms with Gasteiger partial charge in [-0.3, -0.25) is 0 Å². The summed E-state index contributed by atoms with van der Waals surface area (Å²) in [7, 11) is 2.05. The van der Waals surface area contributed by atoms with Gasteiger partial charge in [-0.05, 0) is 49.1 Å². The highest BCUT2D eigenvalue weighted by Gasteiger charge is 2.20. The third-order valence-electron chi connectivity index (χ3n) is 3.89. The summed E-state index contributed by atoms with van der Waals surface area (Å²) in [5.74, 6) is 0.525. The van der Waals surface area contributed by atoms with Gasteiger partial charge < -0.3 is 5.32 Å². The number of hydrogen-bond acceptors (Lipinski definition) is 1. The molecule has 0 spiro atoms. The van der Waals surface area contributed by atoms with Gasteiger partial charge in [0, 0.05) is 11.1 Å². The molecule has 0 aliphatic heterocycles. The van der Waals surface area contributed by atoms with Crippen molar-refractivity contribution in [3.8, 4) is 0 Å². The molecule has 0 saturated heterocycles. The predicted octanol–water partition coefficient (Wildman–Crippen LogP) is 4.66. The number of hydrogen-bond donors (Lipinski definition) is 1. The molecule has 2 heteroatoms. The molecule has 0 aliphatic rings. The Morgan fingerprint density at radius 3 is 2.20 bits per heavy atom. The monoisotopic (exact) mass is 287 g/mol. The van der Waals surface area contributed by atoms with Crippen LogP contribution in [0.4, 0.5) is 0 Å². The minimum absolute atomic E-state index is 0.434. The van der Waals surface area contributed by atoms with Crippen LogP contribution in [0, 0.1) is 0 Å². The first-order valence-electron chi connectivity index (χ1n) is 7.21. The van der Waals surface area contributed by atoms with Gasteiger partial charge in [0.05, 0.1) is 0 Å². The van der Waals surface area contributed by atoms with Crippen molar-refractivity contribution in [2.24, 2.45) is 0 Å². The SMILES string of the molecule is CCC(c1ccccc1)C(Cc1ccc(Cl)cc1)NC. The van der Waals surface area contributed by atoms with Crippen molar-refractivity contribution in [2.75, 3.05) is 7.05 Å². The molecule has 2 unspecified atom stereocenters. The van der Waals surface area contributed by atoms with E-state index < -0.39 is 0 Å². The lowest BCUT2D eigenvalue weighted by Gasteiger charge is -2.26. The van der Waals surface area contributed by atoms with Crippen LogP contribution >= 0.6 is 11.6 Å². The van der Waals surface area contributed by atoms with Gasteiger partial charge in [0.1, 0.15) is 0 Å². The highest BCUT2D eigenvalue weighted by molar-refractivity contribution is 6.30. The summed E-state index contributed by atoms with van der Waals surface area (Å²) in [6.45, 7) is 2.25. The minimum atomic E-state index is 0.434. The third-order valence-corrected chi connectivity index (χ3v) is 4.14. The minimum Gasteiger partial charge on any atom is -0.316 e. The average molecular weight is 288 g/mol. The molecule has 2 atom stereocenters. The number of likely N-dealkylation sites (N-methyl/N-ethyl adjacent to an activating group) is 1. The van der Waals surface area contributed by atoms with Crippen LogP contribution in [0.2, 0.25) is 5.02 Å². The van der Waals surface area contributed by atoms with E-state index in [0.29, 0.717) is 12.0 Å². The molecule has 0 saturated carbocycles. The normalized spacial score (nSPS) is 13.9. The molecule has 20 heavy (non-hydrogen) atoms. The number of benzene rings is 2. The fraction of sp³-hybridized carbons (Fsp3) is 0.333. The van der Waals surface area contributed by atoms with Crippen molar-refractivity contribution in [3.05, 3.63) is 70.7 Å². The van der Waals surface area contributed by atoms with E-state index in [0.717, 1.165) is 17.9 Å². The quantitative estimate of drug-likeness (QED) is 0.814. The molecular weight excluding hydrogens is 266 g/mol. The second-order valence-electron chi connectivity index (χ2n) is 5.15. The molecule has 2 aromatic rings. The van der Waals surface area contributed by atoms with Gasteiger partial charge in [0.15, 0.2) is 0 Å². The van der Waals surface area contributed by atoms with E-state index >= 15 is 0 Å². The van der Waals surface area contributed by atoms with Crippen molar-refractivity contribution >= 4 is 11.6 Å². The number of halogens is 1. The molecule has 0 fully saturated rings. The molecule has 0 amide bonds. The Labute approximate surface area is 127 Å². The lowest BCUT2D eigenvalue weighted by molar-refractivity contribution is 0.448. The molecule has 106 valence electrons. The zero-order valence-corrected chi connectivity index (χ0v) is 12.9. The van der Waals surface area contributed by atoms with E-state index in [2.05, 4.69) is 54.7 Å². The maximum absolute atomic E-state index is 5.95. The van der Waals surface area contributed by atoms with Crippen molar-refractivity contribution in [1.82, 2.24) is 5.32 Å². The van der Waals surface area contributed by atoms with Crippen LogP contribution in [0.25, 0.3) is 0 Å². The Morgan fingerprint density at radius 2 is 1.65 bits per heavy atom. The van der Waals surface area contributed by atoms with Crippen LogP contribution in [0.1, 0.15) is 30.4 Å². The Kier molecular flexibility index (Phi) is 5.63. The van der Waals surface area contributed by atoms with E-state index in [9.17, 15) is 0 Å². The predicted molar refractivity (Wildman–Crippen MR) is 87.5 cm³/mol. The number of rotatable bonds is 6. The first-order valence-corrected chi connectivity index (χ1v) is 7.59. The fourth-order valence-corrected chi connectivity index (χ4v) is 2.90. The van der Waals surface area contributed by atoms with Crippen LogP contribution in [0.3, 0.4) is 0 Å². The van der Waals surface area contributed by atoms with Crippen molar-refractivity contribution in [3.63, 3.8) is 0 Å². The molecular formula is C18H22ClN. The first-order chi connectivity index (χ1) is 9.74. The molecule has 0 aromatic heterocycles. The van der Waals surface area contributed by atoms with Crippen LogP contribution in [-0.2, 0) is 6.42 Å². The van der Waals surface area contributed by atoms with E-state index in [1.807, 2.05) is 19.2 Å². The summed E-state index contributed by atoms with van der Waals surface area (Å²) in [5.41, 5.74) is 2.73. The Balaban J connectivity index is 2.15.